The van der Waals surface area contributed by atoms with E-state index in [1.807, 2.05) is 0 Å². The van der Waals surface area contributed by atoms with Crippen molar-refractivity contribution in [2.24, 2.45) is 0 Å². The number of piperidine rings is 1. The zero-order chi connectivity index (χ0) is 13.7. The van der Waals surface area contributed by atoms with E-state index in [9.17, 15) is 0 Å². The van der Waals surface area contributed by atoms with Crippen LogP contribution in [0.2, 0.25) is 0 Å². The number of benzene rings is 1. The Balaban J connectivity index is 1.94. The predicted octanol–water partition coefficient (Wildman–Crippen LogP) is 3.04. The van der Waals surface area contributed by atoms with Crippen LogP contribution in [0.3, 0.4) is 0 Å². The van der Waals surface area contributed by atoms with E-state index in [-0.39, 0.29) is 0 Å². The minimum atomic E-state index is 0.595. The summed E-state index contributed by atoms with van der Waals surface area (Å²) in [5, 5.41) is 3.65. The molecule has 1 atom stereocenters. The van der Waals surface area contributed by atoms with Gasteiger partial charge in [0, 0.05) is 37.1 Å². The molecule has 0 aliphatic carbocycles. The molecule has 1 aromatic rings. The van der Waals surface area contributed by atoms with Crippen LogP contribution in [0.15, 0.2) is 24.3 Å². The third-order valence-corrected chi connectivity index (χ3v) is 3.99. The number of likely N-dealkylation sites (tertiary alicyclic amines) is 1. The van der Waals surface area contributed by atoms with Crippen molar-refractivity contribution in [1.82, 2.24) is 4.90 Å². The van der Waals surface area contributed by atoms with Gasteiger partial charge in [-0.2, -0.15) is 0 Å². The molecule has 1 saturated heterocycles. The van der Waals surface area contributed by atoms with Gasteiger partial charge in [-0.1, -0.05) is 0 Å². The predicted molar refractivity (Wildman–Crippen MR) is 84.1 cm³/mol. The van der Waals surface area contributed by atoms with Crippen molar-refractivity contribution in [1.29, 1.82) is 0 Å². The molecule has 1 aliphatic rings. The summed E-state index contributed by atoms with van der Waals surface area (Å²) in [7, 11) is 2.21. The monoisotopic (exact) mass is 261 g/mol. The summed E-state index contributed by atoms with van der Waals surface area (Å²) in [6.45, 7) is 8.92. The van der Waals surface area contributed by atoms with Crippen LogP contribution in [0.5, 0.6) is 0 Å². The van der Waals surface area contributed by atoms with E-state index < -0.39 is 0 Å². The van der Waals surface area contributed by atoms with Crippen molar-refractivity contribution in [2.75, 3.05) is 43.4 Å². The molecule has 0 saturated carbocycles. The third-order valence-electron chi connectivity index (χ3n) is 3.99. The maximum absolute atomic E-state index is 3.65. The summed E-state index contributed by atoms with van der Waals surface area (Å²) in [5.74, 6) is 0. The number of anilines is 2. The van der Waals surface area contributed by atoms with E-state index in [1.54, 1.807) is 0 Å². The van der Waals surface area contributed by atoms with Gasteiger partial charge in [0.2, 0.25) is 0 Å². The molecule has 3 heteroatoms. The molecule has 0 bridgehead atoms. The van der Waals surface area contributed by atoms with E-state index in [4.69, 9.17) is 0 Å². The van der Waals surface area contributed by atoms with E-state index in [2.05, 4.69) is 60.3 Å². The molecule has 1 N–H and O–H groups in total. The summed E-state index contributed by atoms with van der Waals surface area (Å²) in [4.78, 5) is 4.78. The van der Waals surface area contributed by atoms with Crippen molar-refractivity contribution in [3.05, 3.63) is 24.3 Å². The zero-order valence-electron chi connectivity index (χ0n) is 12.5. The van der Waals surface area contributed by atoms with Crippen molar-refractivity contribution >= 4 is 11.4 Å². The molecule has 1 aliphatic heterocycles. The zero-order valence-corrected chi connectivity index (χ0v) is 12.5. The molecule has 106 valence electrons. The largest absolute Gasteiger partial charge is 0.381 e. The van der Waals surface area contributed by atoms with Crippen LogP contribution in [0, 0.1) is 0 Å². The van der Waals surface area contributed by atoms with Gasteiger partial charge in [0.15, 0.2) is 0 Å². The fourth-order valence-electron chi connectivity index (χ4n) is 2.88. The molecule has 19 heavy (non-hydrogen) atoms. The molecule has 3 nitrogen and oxygen atoms in total. The van der Waals surface area contributed by atoms with Gasteiger partial charge in [0.05, 0.1) is 0 Å². The first-order chi connectivity index (χ1) is 9.22. The summed E-state index contributed by atoms with van der Waals surface area (Å²) < 4.78 is 0. The molecule has 1 aromatic carbocycles. The molecule has 1 heterocycles. The number of rotatable bonds is 5. The Morgan fingerprint density at radius 1 is 1.21 bits per heavy atom. The van der Waals surface area contributed by atoms with Crippen LogP contribution in [0.4, 0.5) is 11.4 Å². The Kier molecular flexibility index (Phi) is 5.08. The molecular formula is C16H27N3. The van der Waals surface area contributed by atoms with Crippen molar-refractivity contribution in [3.8, 4) is 0 Å². The third kappa shape index (κ3) is 3.87. The van der Waals surface area contributed by atoms with Crippen LogP contribution >= 0.6 is 0 Å². The molecule has 1 unspecified atom stereocenters. The van der Waals surface area contributed by atoms with Gasteiger partial charge in [-0.25, -0.2) is 0 Å². The molecule has 0 amide bonds. The first kappa shape index (κ1) is 14.2. The smallest absolute Gasteiger partial charge is 0.0388 e. The minimum absolute atomic E-state index is 0.595. The van der Waals surface area contributed by atoms with Crippen molar-refractivity contribution in [2.45, 2.75) is 32.7 Å². The molecule has 0 spiro atoms. The first-order valence-corrected chi connectivity index (χ1v) is 7.53. The van der Waals surface area contributed by atoms with Crippen LogP contribution < -0.4 is 10.2 Å². The Hall–Kier alpha value is -1.22. The average molecular weight is 261 g/mol. The summed E-state index contributed by atoms with van der Waals surface area (Å²) >= 11 is 0. The van der Waals surface area contributed by atoms with Gasteiger partial charge in [0.1, 0.15) is 0 Å². The SMILES string of the molecule is CCN(CC)c1ccc(NC2CCCN(C)C2)cc1. The molecular weight excluding hydrogens is 234 g/mol. The quantitative estimate of drug-likeness (QED) is 0.879. The van der Waals surface area contributed by atoms with E-state index in [1.165, 1.54) is 30.8 Å². The van der Waals surface area contributed by atoms with Crippen molar-refractivity contribution in [3.63, 3.8) is 0 Å². The van der Waals surface area contributed by atoms with Crippen LogP contribution in [-0.4, -0.2) is 44.2 Å². The second-order valence-corrected chi connectivity index (χ2v) is 5.46. The number of hydrogen-bond acceptors (Lipinski definition) is 3. The Bertz CT molecular complexity index is 370. The summed E-state index contributed by atoms with van der Waals surface area (Å²) in [5.41, 5.74) is 2.56. The normalized spacial score (nSPS) is 20.3. The van der Waals surface area contributed by atoms with Gasteiger partial charge in [0.25, 0.3) is 0 Å². The second kappa shape index (κ2) is 6.80. The van der Waals surface area contributed by atoms with E-state index in [0.29, 0.717) is 6.04 Å². The topological polar surface area (TPSA) is 18.5 Å². The van der Waals surface area contributed by atoms with Crippen LogP contribution in [-0.2, 0) is 0 Å². The summed E-state index contributed by atoms with van der Waals surface area (Å²) in [6.07, 6.45) is 2.58. The van der Waals surface area contributed by atoms with E-state index >= 15 is 0 Å². The average Bonchev–Trinajstić information content (AvgIpc) is 2.42. The Morgan fingerprint density at radius 3 is 2.47 bits per heavy atom. The highest BCUT2D eigenvalue weighted by Gasteiger charge is 2.16. The summed E-state index contributed by atoms with van der Waals surface area (Å²) in [6, 6.07) is 9.46. The van der Waals surface area contributed by atoms with Crippen LogP contribution in [0.1, 0.15) is 26.7 Å². The van der Waals surface area contributed by atoms with Gasteiger partial charge in [-0.15, -0.1) is 0 Å². The molecule has 0 radical (unpaired) electrons. The lowest BCUT2D eigenvalue weighted by atomic mass is 10.1. The molecule has 1 fully saturated rings. The van der Waals surface area contributed by atoms with Gasteiger partial charge in [-0.05, 0) is 64.5 Å². The van der Waals surface area contributed by atoms with Gasteiger partial charge >= 0.3 is 0 Å². The fourth-order valence-corrected chi connectivity index (χ4v) is 2.88. The van der Waals surface area contributed by atoms with Gasteiger partial charge < -0.3 is 15.1 Å². The second-order valence-electron chi connectivity index (χ2n) is 5.46. The molecule has 0 aromatic heterocycles. The van der Waals surface area contributed by atoms with Crippen LogP contribution in [0.25, 0.3) is 0 Å². The maximum Gasteiger partial charge on any atom is 0.0388 e. The Labute approximate surface area is 117 Å². The maximum atomic E-state index is 3.65. The lowest BCUT2D eigenvalue weighted by Gasteiger charge is -2.31. The highest BCUT2D eigenvalue weighted by molar-refractivity contribution is 5.55. The van der Waals surface area contributed by atoms with Gasteiger partial charge in [-0.3, -0.25) is 0 Å². The number of hydrogen-bond donors (Lipinski definition) is 1. The number of nitrogens with zero attached hydrogens (tertiary/aromatic N) is 2. The highest BCUT2D eigenvalue weighted by Crippen LogP contribution is 2.20. The lowest BCUT2D eigenvalue weighted by molar-refractivity contribution is 0.261. The lowest BCUT2D eigenvalue weighted by Crippen LogP contribution is -2.39. The van der Waals surface area contributed by atoms with Crippen molar-refractivity contribution < 1.29 is 0 Å². The highest BCUT2D eigenvalue weighted by atomic mass is 15.1. The van der Waals surface area contributed by atoms with E-state index in [0.717, 1.165) is 19.6 Å². The Morgan fingerprint density at radius 2 is 1.89 bits per heavy atom. The first-order valence-electron chi connectivity index (χ1n) is 7.53. The standard InChI is InChI=1S/C16H27N3/c1-4-19(5-2)16-10-8-14(9-11-16)17-15-7-6-12-18(3)13-15/h8-11,15,17H,4-7,12-13H2,1-3H3. The minimum Gasteiger partial charge on any atom is -0.381 e. The number of likely N-dealkylation sites (N-methyl/N-ethyl adjacent to an activating group) is 1. The molecule has 2 rings (SSSR count). The fraction of sp³-hybridized carbons (Fsp3) is 0.625. The number of nitrogens with one attached hydrogen (secondary N) is 1.